The third-order valence-electron chi connectivity index (χ3n) is 7.34. The number of aliphatic hydroxyl groups is 4. The van der Waals surface area contributed by atoms with Gasteiger partial charge >= 0.3 is 0 Å². The highest BCUT2D eigenvalue weighted by Crippen LogP contribution is 2.57. The van der Waals surface area contributed by atoms with Crippen molar-refractivity contribution in [3.63, 3.8) is 0 Å². The van der Waals surface area contributed by atoms with Crippen molar-refractivity contribution in [2.24, 2.45) is 17.8 Å². The highest BCUT2D eigenvalue weighted by Gasteiger charge is 2.68. The molecule has 3 aliphatic carbocycles. The molecule has 0 radical (unpaired) electrons. The molecule has 9 heteroatoms. The number of aliphatic hydroxyl groups excluding tert-OH is 2. The lowest BCUT2D eigenvalue weighted by Gasteiger charge is -2.57. The lowest BCUT2D eigenvalue weighted by molar-refractivity contribution is -0.204. The summed E-state index contributed by atoms with van der Waals surface area (Å²) < 4.78 is 0. The van der Waals surface area contributed by atoms with E-state index in [4.69, 9.17) is 0 Å². The summed E-state index contributed by atoms with van der Waals surface area (Å²) in [6.45, 7) is 1.46. The summed E-state index contributed by atoms with van der Waals surface area (Å²) in [5.74, 6) is -6.12. The summed E-state index contributed by atoms with van der Waals surface area (Å²) in [6.07, 6.45) is -2.02. The van der Waals surface area contributed by atoms with Crippen LogP contribution in [0.3, 0.4) is 0 Å². The number of phenolic OH excluding ortho intramolecular Hbond substituents is 1. The van der Waals surface area contributed by atoms with E-state index in [9.17, 15) is 40.4 Å². The Morgan fingerprint density at radius 2 is 1.77 bits per heavy atom. The number of rotatable bonds is 1. The Kier molecular flexibility index (Phi) is 4.58. The van der Waals surface area contributed by atoms with E-state index in [1.807, 2.05) is 0 Å². The van der Waals surface area contributed by atoms with Crippen molar-refractivity contribution in [3.05, 3.63) is 40.7 Å². The van der Waals surface area contributed by atoms with Gasteiger partial charge in [0.15, 0.2) is 17.2 Å². The quantitative estimate of drug-likeness (QED) is 0.414. The van der Waals surface area contributed by atoms with E-state index in [-0.39, 0.29) is 23.3 Å². The van der Waals surface area contributed by atoms with Gasteiger partial charge < -0.3 is 25.5 Å². The van der Waals surface area contributed by atoms with E-state index in [1.165, 1.54) is 30.0 Å². The van der Waals surface area contributed by atoms with Gasteiger partial charge in [0.2, 0.25) is 0 Å². The molecule has 31 heavy (non-hydrogen) atoms. The lowest BCUT2D eigenvalue weighted by atomic mass is 9.51. The van der Waals surface area contributed by atoms with Crippen molar-refractivity contribution in [1.29, 1.82) is 5.26 Å². The normalized spacial score (nSPS) is 39.6. The number of nitriles is 1. The molecule has 3 aliphatic rings. The Morgan fingerprint density at radius 3 is 2.35 bits per heavy atom. The van der Waals surface area contributed by atoms with Gasteiger partial charge in [0.1, 0.15) is 29.3 Å². The summed E-state index contributed by atoms with van der Waals surface area (Å²) in [6, 6.07) is 4.82. The Morgan fingerprint density at radius 1 is 1.13 bits per heavy atom. The van der Waals surface area contributed by atoms with Gasteiger partial charge in [0.25, 0.3) is 0 Å². The second-order valence-electron chi connectivity index (χ2n) is 9.06. The average Bonchev–Trinajstić information content (AvgIpc) is 2.69. The Bertz CT molecular complexity index is 1070. The fraction of sp³-hybridized carbons (Fsp3) is 0.500. The van der Waals surface area contributed by atoms with Gasteiger partial charge in [-0.05, 0) is 39.1 Å². The van der Waals surface area contributed by atoms with Crippen LogP contribution < -0.4 is 0 Å². The number of likely N-dealkylation sites (N-methyl/N-ethyl adjacent to an activating group) is 1. The first-order valence-corrected chi connectivity index (χ1v) is 9.94. The summed E-state index contributed by atoms with van der Waals surface area (Å²) in [4.78, 5) is 27.7. The van der Waals surface area contributed by atoms with Crippen LogP contribution in [0.25, 0.3) is 0 Å². The van der Waals surface area contributed by atoms with Crippen LogP contribution in [0.2, 0.25) is 0 Å². The molecule has 1 fully saturated rings. The minimum Gasteiger partial charge on any atom is -0.508 e. The van der Waals surface area contributed by atoms with Crippen LogP contribution in [0.5, 0.6) is 5.75 Å². The lowest BCUT2D eigenvalue weighted by Crippen LogP contribution is -2.70. The van der Waals surface area contributed by atoms with E-state index >= 15 is 0 Å². The fourth-order valence-electron chi connectivity index (χ4n) is 5.84. The number of phenols is 1. The number of nitrogens with zero attached hydrogens (tertiary/aromatic N) is 2. The Balaban J connectivity index is 1.97. The molecule has 7 atom stereocenters. The number of fused-ring (bicyclic) bond motifs is 3. The molecule has 0 bridgehead atoms. The van der Waals surface area contributed by atoms with Crippen molar-refractivity contribution in [3.8, 4) is 11.8 Å². The summed E-state index contributed by atoms with van der Waals surface area (Å²) in [5.41, 5.74) is -4.77. The minimum absolute atomic E-state index is 0.0938. The number of carbonyl (C=O) groups excluding carboxylic acids is 2. The minimum atomic E-state index is -2.46. The number of hydrogen-bond acceptors (Lipinski definition) is 9. The van der Waals surface area contributed by atoms with Gasteiger partial charge in [-0.25, -0.2) is 0 Å². The van der Waals surface area contributed by atoms with Crippen LogP contribution in [-0.2, 0) is 10.4 Å². The molecule has 9 nitrogen and oxygen atoms in total. The van der Waals surface area contributed by atoms with Crippen LogP contribution in [0.15, 0.2) is 29.5 Å². The SMILES string of the molecule is CN(C)[C@@H]1C(=O)C(C#N)=C(O)[C@@]2(O)C(O)C3C(=O)c4c(O)cccc4[C@@](C)(O)[C@H]3C[C@@H]12. The maximum absolute atomic E-state index is 13.3. The van der Waals surface area contributed by atoms with Gasteiger partial charge in [0, 0.05) is 11.8 Å². The Hall–Kier alpha value is -2.77. The highest BCUT2D eigenvalue weighted by molar-refractivity contribution is 6.06. The van der Waals surface area contributed by atoms with E-state index in [0.29, 0.717) is 0 Å². The fourth-order valence-corrected chi connectivity index (χ4v) is 5.84. The zero-order valence-electron chi connectivity index (χ0n) is 17.3. The molecule has 164 valence electrons. The first kappa shape index (κ1) is 21.5. The smallest absolute Gasteiger partial charge is 0.194 e. The van der Waals surface area contributed by atoms with Crippen LogP contribution in [0, 0.1) is 29.1 Å². The molecule has 0 amide bonds. The standard InChI is InChI=1S/C22H24N2O7/c1-21(30)10-5-4-6-13(25)14(10)18(27)15-11(21)7-12-16(24(2)3)17(26)9(8-23)19(28)22(12,31)20(15)29/h4-6,11-12,15-16,20,25,28-31H,7H2,1-3H3/t11-,12-,15?,16-,20?,21+,22+/m0/s1. The molecule has 0 spiro atoms. The predicted octanol–water partition coefficient (Wildman–Crippen LogP) is -0.0111. The highest BCUT2D eigenvalue weighted by atomic mass is 16.4. The zero-order valence-corrected chi connectivity index (χ0v) is 17.3. The first-order chi connectivity index (χ1) is 14.4. The molecular weight excluding hydrogens is 404 g/mol. The van der Waals surface area contributed by atoms with Crippen molar-refractivity contribution in [1.82, 2.24) is 4.90 Å². The van der Waals surface area contributed by atoms with Crippen LogP contribution in [0.4, 0.5) is 0 Å². The number of benzene rings is 1. The Labute approximate surface area is 178 Å². The van der Waals surface area contributed by atoms with Gasteiger partial charge in [-0.1, -0.05) is 12.1 Å². The van der Waals surface area contributed by atoms with Gasteiger partial charge in [-0.3, -0.25) is 14.5 Å². The van der Waals surface area contributed by atoms with Crippen LogP contribution >= 0.6 is 0 Å². The molecule has 2 unspecified atom stereocenters. The summed E-state index contributed by atoms with van der Waals surface area (Å²) in [5, 5.41) is 64.6. The molecule has 1 aromatic carbocycles. The second kappa shape index (κ2) is 6.61. The topological polar surface area (TPSA) is 162 Å². The molecule has 0 aromatic heterocycles. The number of ketones is 2. The van der Waals surface area contributed by atoms with Crippen molar-refractivity contribution >= 4 is 11.6 Å². The summed E-state index contributed by atoms with van der Waals surface area (Å²) in [7, 11) is 3.13. The van der Waals surface area contributed by atoms with E-state index < -0.39 is 64.0 Å². The molecule has 1 saturated carbocycles. The maximum Gasteiger partial charge on any atom is 0.194 e. The molecule has 0 aliphatic heterocycles. The third kappa shape index (κ3) is 2.50. The van der Waals surface area contributed by atoms with Gasteiger partial charge in [0.05, 0.1) is 23.1 Å². The first-order valence-electron chi connectivity index (χ1n) is 9.94. The average molecular weight is 428 g/mol. The van der Waals surface area contributed by atoms with E-state index in [0.717, 1.165) is 0 Å². The maximum atomic E-state index is 13.3. The molecular formula is C22H24N2O7. The monoisotopic (exact) mass is 428 g/mol. The van der Waals surface area contributed by atoms with Crippen LogP contribution in [0.1, 0.15) is 29.3 Å². The van der Waals surface area contributed by atoms with Crippen LogP contribution in [-0.4, -0.2) is 73.8 Å². The second-order valence-corrected chi connectivity index (χ2v) is 9.06. The van der Waals surface area contributed by atoms with E-state index in [1.54, 1.807) is 20.2 Å². The van der Waals surface area contributed by atoms with Crippen molar-refractivity contribution in [2.45, 2.75) is 36.7 Å². The van der Waals surface area contributed by atoms with Gasteiger partial charge in [-0.15, -0.1) is 0 Å². The third-order valence-corrected chi connectivity index (χ3v) is 7.34. The molecule has 0 heterocycles. The molecule has 5 N–H and O–H groups in total. The molecule has 1 aromatic rings. The van der Waals surface area contributed by atoms with Crippen molar-refractivity contribution < 1.29 is 35.1 Å². The largest absolute Gasteiger partial charge is 0.508 e. The number of hydrogen-bond donors (Lipinski definition) is 5. The van der Waals surface area contributed by atoms with Crippen molar-refractivity contribution in [2.75, 3.05) is 14.1 Å². The molecule has 0 saturated heterocycles. The van der Waals surface area contributed by atoms with Gasteiger partial charge in [-0.2, -0.15) is 5.26 Å². The predicted molar refractivity (Wildman–Crippen MR) is 106 cm³/mol. The summed E-state index contributed by atoms with van der Waals surface area (Å²) >= 11 is 0. The number of aromatic hydroxyl groups is 1. The number of carbonyl (C=O) groups is 2. The zero-order chi connectivity index (χ0) is 23.0. The number of Topliss-reactive ketones (excluding diaryl/α,β-unsaturated/α-hetero) is 2. The van der Waals surface area contributed by atoms with E-state index in [2.05, 4.69) is 0 Å². The molecule has 4 rings (SSSR count).